The number of methoxy groups -OCH3 is 2. The van der Waals surface area contributed by atoms with Crippen LogP contribution in [0.1, 0.15) is 25.7 Å². The minimum Gasteiger partial charge on any atom is -0.480 e. The van der Waals surface area contributed by atoms with Gasteiger partial charge in [-0.25, -0.2) is 9.59 Å². The number of aliphatic carboxylic acids is 1. The minimum atomic E-state index is -1.01. The molecule has 1 aliphatic rings. The smallest absolute Gasteiger partial charge is 0.326 e. The monoisotopic (exact) mass is 288 g/mol. The Morgan fingerprint density at radius 1 is 1.35 bits per heavy atom. The summed E-state index contributed by atoms with van der Waals surface area (Å²) in [5.74, 6) is -1.01. The van der Waals surface area contributed by atoms with Gasteiger partial charge < -0.3 is 24.8 Å². The number of piperidine rings is 1. The number of likely N-dealkylation sites (tertiary alicyclic amines) is 1. The number of urea groups is 1. The molecule has 1 heterocycles. The lowest BCUT2D eigenvalue weighted by molar-refractivity contribution is -0.139. The van der Waals surface area contributed by atoms with Crippen LogP contribution in [-0.4, -0.2) is 68.1 Å². The molecule has 1 unspecified atom stereocenters. The van der Waals surface area contributed by atoms with Crippen molar-refractivity contribution in [2.24, 2.45) is 0 Å². The van der Waals surface area contributed by atoms with Crippen LogP contribution in [0.4, 0.5) is 4.79 Å². The van der Waals surface area contributed by atoms with Crippen molar-refractivity contribution in [3.63, 3.8) is 0 Å². The first-order chi connectivity index (χ1) is 9.58. The van der Waals surface area contributed by atoms with Gasteiger partial charge in [0, 0.05) is 33.9 Å². The number of amides is 2. The number of ether oxygens (including phenoxy) is 2. The Morgan fingerprint density at radius 2 is 2.00 bits per heavy atom. The largest absolute Gasteiger partial charge is 0.480 e. The quantitative estimate of drug-likeness (QED) is 0.673. The molecule has 0 radical (unpaired) electrons. The maximum Gasteiger partial charge on any atom is 0.326 e. The van der Waals surface area contributed by atoms with E-state index in [0.717, 1.165) is 12.8 Å². The molecule has 0 bridgehead atoms. The maximum atomic E-state index is 12.0. The molecule has 1 fully saturated rings. The van der Waals surface area contributed by atoms with Crippen molar-refractivity contribution < 1.29 is 24.2 Å². The van der Waals surface area contributed by atoms with Crippen molar-refractivity contribution in [3.05, 3.63) is 0 Å². The van der Waals surface area contributed by atoms with E-state index in [9.17, 15) is 9.59 Å². The van der Waals surface area contributed by atoms with Crippen LogP contribution in [0.25, 0.3) is 0 Å². The zero-order chi connectivity index (χ0) is 15.0. The fraction of sp³-hybridized carbons (Fsp3) is 0.846. The van der Waals surface area contributed by atoms with Gasteiger partial charge in [-0.15, -0.1) is 0 Å². The molecule has 1 saturated heterocycles. The second-order valence-corrected chi connectivity index (χ2v) is 4.90. The average molecular weight is 288 g/mol. The molecule has 116 valence electrons. The van der Waals surface area contributed by atoms with Gasteiger partial charge in [-0.05, 0) is 25.7 Å². The molecule has 0 aromatic rings. The van der Waals surface area contributed by atoms with Crippen LogP contribution in [0.15, 0.2) is 0 Å². The lowest BCUT2D eigenvalue weighted by Gasteiger charge is -2.32. The van der Waals surface area contributed by atoms with Gasteiger partial charge in [-0.3, -0.25) is 0 Å². The van der Waals surface area contributed by atoms with E-state index in [2.05, 4.69) is 5.32 Å². The van der Waals surface area contributed by atoms with Crippen molar-refractivity contribution in [3.8, 4) is 0 Å². The second kappa shape index (κ2) is 8.76. The first kappa shape index (κ1) is 16.7. The standard InChI is InChI=1S/C13H24N2O5/c1-19-9-3-4-11(12(16)17)14-13(18)15-7-5-10(20-2)6-8-15/h10-11H,3-9H2,1-2H3,(H,14,18)(H,16,17). The third kappa shape index (κ3) is 5.34. The van der Waals surface area contributed by atoms with Crippen LogP contribution in [0.3, 0.4) is 0 Å². The Bertz CT molecular complexity index is 316. The Labute approximate surface area is 119 Å². The fourth-order valence-corrected chi connectivity index (χ4v) is 2.22. The van der Waals surface area contributed by atoms with Crippen LogP contribution in [0, 0.1) is 0 Å². The first-order valence-electron chi connectivity index (χ1n) is 6.88. The van der Waals surface area contributed by atoms with Gasteiger partial charge in [-0.2, -0.15) is 0 Å². The summed E-state index contributed by atoms with van der Waals surface area (Å²) in [7, 11) is 3.23. The molecule has 0 aromatic heterocycles. The summed E-state index contributed by atoms with van der Waals surface area (Å²) in [6, 6.07) is -1.18. The molecular weight excluding hydrogens is 264 g/mol. The molecule has 0 aliphatic carbocycles. The molecule has 2 amide bonds. The number of hydrogen-bond donors (Lipinski definition) is 2. The van der Waals surface area contributed by atoms with Crippen molar-refractivity contribution in [2.45, 2.75) is 37.8 Å². The summed E-state index contributed by atoms with van der Waals surface area (Å²) in [5, 5.41) is 11.7. The molecule has 20 heavy (non-hydrogen) atoms. The van der Waals surface area contributed by atoms with Crippen LogP contribution >= 0.6 is 0 Å². The number of carbonyl (C=O) groups is 2. The van der Waals surface area contributed by atoms with Gasteiger partial charge in [-0.1, -0.05) is 0 Å². The summed E-state index contributed by atoms with van der Waals surface area (Å²) < 4.78 is 10.1. The number of nitrogens with zero attached hydrogens (tertiary/aromatic N) is 1. The van der Waals surface area contributed by atoms with Gasteiger partial charge in [0.05, 0.1) is 6.10 Å². The highest BCUT2D eigenvalue weighted by Crippen LogP contribution is 2.13. The zero-order valence-electron chi connectivity index (χ0n) is 12.1. The number of hydrogen-bond acceptors (Lipinski definition) is 4. The molecule has 0 spiro atoms. The zero-order valence-corrected chi connectivity index (χ0v) is 12.1. The number of carboxylic acids is 1. The van der Waals surface area contributed by atoms with Crippen molar-refractivity contribution in [1.29, 1.82) is 0 Å². The molecular formula is C13H24N2O5. The topological polar surface area (TPSA) is 88.1 Å². The van der Waals surface area contributed by atoms with E-state index in [4.69, 9.17) is 14.6 Å². The van der Waals surface area contributed by atoms with E-state index in [1.165, 1.54) is 0 Å². The summed E-state index contributed by atoms with van der Waals surface area (Å²) in [4.78, 5) is 24.8. The third-order valence-electron chi connectivity index (χ3n) is 3.50. The fourth-order valence-electron chi connectivity index (χ4n) is 2.22. The van der Waals surface area contributed by atoms with E-state index >= 15 is 0 Å². The minimum absolute atomic E-state index is 0.191. The lowest BCUT2D eigenvalue weighted by Crippen LogP contribution is -2.50. The van der Waals surface area contributed by atoms with Crippen LogP contribution in [-0.2, 0) is 14.3 Å². The van der Waals surface area contributed by atoms with Crippen molar-refractivity contribution in [1.82, 2.24) is 10.2 Å². The van der Waals surface area contributed by atoms with Crippen LogP contribution in [0.2, 0.25) is 0 Å². The number of rotatable bonds is 7. The van der Waals surface area contributed by atoms with Crippen LogP contribution in [0.5, 0.6) is 0 Å². The van der Waals surface area contributed by atoms with Gasteiger partial charge in [0.25, 0.3) is 0 Å². The number of nitrogens with one attached hydrogen (secondary N) is 1. The molecule has 1 aliphatic heterocycles. The average Bonchev–Trinajstić information content (AvgIpc) is 2.46. The number of carbonyl (C=O) groups excluding carboxylic acids is 1. The van der Waals surface area contributed by atoms with Gasteiger partial charge in [0.2, 0.25) is 0 Å². The van der Waals surface area contributed by atoms with E-state index in [-0.39, 0.29) is 12.1 Å². The Kier molecular flexibility index (Phi) is 7.32. The molecule has 7 heteroatoms. The van der Waals surface area contributed by atoms with E-state index in [1.54, 1.807) is 19.1 Å². The molecule has 1 atom stereocenters. The van der Waals surface area contributed by atoms with E-state index in [0.29, 0.717) is 32.5 Å². The summed E-state index contributed by atoms with van der Waals surface area (Å²) >= 11 is 0. The molecule has 2 N–H and O–H groups in total. The normalized spacial score (nSPS) is 17.8. The van der Waals surface area contributed by atoms with Crippen molar-refractivity contribution in [2.75, 3.05) is 33.9 Å². The summed E-state index contributed by atoms with van der Waals surface area (Å²) in [6.07, 6.45) is 2.72. The van der Waals surface area contributed by atoms with Gasteiger partial charge in [0.15, 0.2) is 0 Å². The molecule has 0 saturated carbocycles. The van der Waals surface area contributed by atoms with Gasteiger partial charge in [0.1, 0.15) is 6.04 Å². The maximum absolute atomic E-state index is 12.0. The predicted molar refractivity (Wildman–Crippen MR) is 72.7 cm³/mol. The third-order valence-corrected chi connectivity index (χ3v) is 3.50. The highest BCUT2D eigenvalue weighted by atomic mass is 16.5. The van der Waals surface area contributed by atoms with E-state index < -0.39 is 12.0 Å². The SMILES string of the molecule is COCCCC(NC(=O)N1CCC(OC)CC1)C(=O)O. The molecule has 0 aromatic carbocycles. The molecule has 1 rings (SSSR count). The predicted octanol–water partition coefficient (Wildman–Crippen LogP) is 0.687. The highest BCUT2D eigenvalue weighted by molar-refractivity contribution is 5.82. The van der Waals surface area contributed by atoms with Crippen LogP contribution < -0.4 is 5.32 Å². The Morgan fingerprint density at radius 3 is 2.50 bits per heavy atom. The molecule has 7 nitrogen and oxygen atoms in total. The first-order valence-corrected chi connectivity index (χ1v) is 6.88. The highest BCUT2D eigenvalue weighted by Gasteiger charge is 2.26. The van der Waals surface area contributed by atoms with Crippen molar-refractivity contribution >= 4 is 12.0 Å². The van der Waals surface area contributed by atoms with Gasteiger partial charge >= 0.3 is 12.0 Å². The number of carboxylic acid groups (broad SMARTS) is 1. The second-order valence-electron chi connectivity index (χ2n) is 4.90. The van der Waals surface area contributed by atoms with E-state index in [1.807, 2.05) is 0 Å². The lowest BCUT2D eigenvalue weighted by atomic mass is 10.1. The summed E-state index contributed by atoms with van der Waals surface area (Å²) in [6.45, 7) is 1.67. The Balaban J connectivity index is 2.39. The summed E-state index contributed by atoms with van der Waals surface area (Å²) in [5.41, 5.74) is 0. The Hall–Kier alpha value is -1.34.